The van der Waals surface area contributed by atoms with Crippen molar-refractivity contribution < 1.29 is 27.2 Å². The average molecular weight is 661 g/mol. The van der Waals surface area contributed by atoms with Crippen LogP contribution in [0.25, 0.3) is 16.9 Å². The molecular weight excluding hydrogens is 632 g/mol. The Morgan fingerprint density at radius 3 is 2.50 bits per heavy atom. The number of aromatic nitrogens is 6. The number of hydrogen-bond donors (Lipinski definition) is 3. The van der Waals surface area contributed by atoms with Crippen molar-refractivity contribution in [3.8, 4) is 16.9 Å². The fraction of sp³-hybridized carbons (Fsp3) is 0.345. The molecule has 2 heterocycles. The normalized spacial score (nSPS) is 14.4. The second-order valence-electron chi connectivity index (χ2n) is 10.6. The third-order valence-electron chi connectivity index (χ3n) is 7.49. The van der Waals surface area contributed by atoms with Gasteiger partial charge >= 0.3 is 6.18 Å². The van der Waals surface area contributed by atoms with E-state index in [9.17, 15) is 27.2 Å². The topological polar surface area (TPSA) is 147 Å². The van der Waals surface area contributed by atoms with Crippen LogP contribution in [0.5, 0.6) is 0 Å². The highest BCUT2D eigenvalue weighted by atomic mass is 35.5. The van der Waals surface area contributed by atoms with Gasteiger partial charge in [-0.1, -0.05) is 29.8 Å². The highest BCUT2D eigenvalue weighted by Gasteiger charge is 2.41. The van der Waals surface area contributed by atoms with Gasteiger partial charge in [-0.05, 0) is 49.6 Å². The number of alkyl halides is 4. The molecule has 0 radical (unpaired) electrons. The van der Waals surface area contributed by atoms with Gasteiger partial charge in [-0.2, -0.15) is 33.3 Å². The molecule has 46 heavy (non-hydrogen) atoms. The van der Waals surface area contributed by atoms with Crippen LogP contribution in [0.4, 0.5) is 17.6 Å². The zero-order valence-corrected chi connectivity index (χ0v) is 25.3. The number of rotatable bonds is 10. The maximum atomic E-state index is 14.0. The minimum Gasteiger partial charge on any atom is -0.359 e. The second kappa shape index (κ2) is 13.2. The van der Waals surface area contributed by atoms with Crippen LogP contribution in [-0.4, -0.2) is 72.2 Å². The fourth-order valence-electron chi connectivity index (χ4n) is 4.65. The number of nitrogens with one attached hydrogen (secondary N) is 3. The van der Waals surface area contributed by atoms with E-state index in [1.165, 1.54) is 37.4 Å². The number of guanidine groups is 1. The minimum absolute atomic E-state index is 0.0731. The summed E-state index contributed by atoms with van der Waals surface area (Å²) >= 11 is 6.40. The maximum Gasteiger partial charge on any atom is 0.400 e. The Labute approximate surface area is 265 Å². The van der Waals surface area contributed by atoms with Crippen molar-refractivity contribution in [2.75, 3.05) is 13.6 Å². The molecule has 0 aliphatic heterocycles. The SMILES string of the molecule is CNC(=N)N(C(=O)c1ccc(-c2cnn(C3CC3)n2)cc1)[C@H](CNC(=O)[C@H](C)C(F)(F)F)c1ccc(Cl)c(-n2ncnc2CF)c1. The molecule has 17 heteroatoms. The number of nitrogens with zero attached hydrogens (tertiary/aromatic N) is 7. The zero-order chi connectivity index (χ0) is 33.2. The van der Waals surface area contributed by atoms with Gasteiger partial charge in [0.15, 0.2) is 11.8 Å². The van der Waals surface area contributed by atoms with Crippen molar-refractivity contribution >= 4 is 29.4 Å². The van der Waals surface area contributed by atoms with Crippen LogP contribution in [0.3, 0.4) is 0 Å². The monoisotopic (exact) mass is 660 g/mol. The van der Waals surface area contributed by atoms with E-state index in [0.29, 0.717) is 11.3 Å². The molecule has 0 bridgehead atoms. The molecule has 1 aliphatic carbocycles. The fourth-order valence-corrected chi connectivity index (χ4v) is 4.84. The lowest BCUT2D eigenvalue weighted by Gasteiger charge is -2.33. The summed E-state index contributed by atoms with van der Waals surface area (Å²) in [6, 6.07) is 9.80. The number of carbonyl (C=O) groups excluding carboxylic acids is 2. The van der Waals surface area contributed by atoms with E-state index >= 15 is 0 Å². The summed E-state index contributed by atoms with van der Waals surface area (Å²) in [7, 11) is 1.40. The van der Waals surface area contributed by atoms with Crippen molar-refractivity contribution in [3.63, 3.8) is 0 Å². The lowest BCUT2D eigenvalue weighted by Crippen LogP contribution is -2.49. The van der Waals surface area contributed by atoms with Gasteiger partial charge in [0, 0.05) is 24.7 Å². The first-order valence-corrected chi connectivity index (χ1v) is 14.5. The van der Waals surface area contributed by atoms with Gasteiger partial charge < -0.3 is 10.6 Å². The van der Waals surface area contributed by atoms with E-state index in [1.54, 1.807) is 23.1 Å². The molecule has 2 aromatic carbocycles. The standard InChI is InChI=1S/C29H29ClF4N10O2/c1-16(29(32,33)34)26(45)37-14-24(19-7-10-21(30)23(11-19)43-25(12-31)38-15-40-43)42(28(35)36-2)27(46)18-5-3-17(4-6-18)22-13-39-44(41-22)20-8-9-20/h3-7,10-11,13,15-16,20,24H,8-9,12,14H2,1-2H3,(H2,35,36)(H,37,45)/t16-,24+/m0/s1. The summed E-state index contributed by atoms with van der Waals surface area (Å²) in [5.74, 6) is -4.84. The number of halogens is 5. The molecular formula is C29H29ClF4N10O2. The molecule has 4 aromatic rings. The summed E-state index contributed by atoms with van der Waals surface area (Å²) in [6.45, 7) is -0.777. The molecule has 2 atom stereocenters. The Kier molecular flexibility index (Phi) is 9.37. The molecule has 0 spiro atoms. The Morgan fingerprint density at radius 2 is 1.87 bits per heavy atom. The first-order chi connectivity index (χ1) is 21.9. The van der Waals surface area contributed by atoms with Crippen molar-refractivity contribution in [2.45, 2.75) is 44.7 Å². The zero-order valence-electron chi connectivity index (χ0n) is 24.6. The van der Waals surface area contributed by atoms with E-state index < -0.39 is 49.1 Å². The van der Waals surface area contributed by atoms with E-state index in [4.69, 9.17) is 17.0 Å². The van der Waals surface area contributed by atoms with Gasteiger partial charge in [0.25, 0.3) is 5.91 Å². The van der Waals surface area contributed by atoms with Crippen LogP contribution >= 0.6 is 11.6 Å². The van der Waals surface area contributed by atoms with Crippen molar-refractivity contribution in [3.05, 3.63) is 77.0 Å². The Balaban J connectivity index is 1.52. The molecule has 12 nitrogen and oxygen atoms in total. The molecule has 1 fully saturated rings. The predicted molar refractivity (Wildman–Crippen MR) is 159 cm³/mol. The number of carbonyl (C=O) groups is 2. The molecule has 2 amide bonds. The van der Waals surface area contributed by atoms with Crippen LogP contribution in [0.2, 0.25) is 5.02 Å². The molecule has 3 N–H and O–H groups in total. The second-order valence-corrected chi connectivity index (χ2v) is 11.0. The van der Waals surface area contributed by atoms with Crippen molar-refractivity contribution in [2.24, 2.45) is 5.92 Å². The molecule has 1 saturated carbocycles. The summed E-state index contributed by atoms with van der Waals surface area (Å²) in [4.78, 5) is 33.1. The molecule has 242 valence electrons. The van der Waals surface area contributed by atoms with E-state index in [0.717, 1.165) is 35.7 Å². The van der Waals surface area contributed by atoms with Gasteiger partial charge in [-0.25, -0.2) is 14.1 Å². The molecule has 0 unspecified atom stereocenters. The molecule has 5 rings (SSSR count). The summed E-state index contributed by atoms with van der Waals surface area (Å²) in [5.41, 5.74) is 1.86. The molecule has 0 saturated heterocycles. The quantitative estimate of drug-likeness (QED) is 0.128. The average Bonchev–Trinajstić information content (AvgIpc) is 3.58. The number of amides is 2. The Morgan fingerprint density at radius 1 is 1.15 bits per heavy atom. The first kappa shape index (κ1) is 32.5. The number of benzene rings is 2. The van der Waals surface area contributed by atoms with Crippen LogP contribution in [0.1, 0.15) is 53.6 Å². The van der Waals surface area contributed by atoms with Crippen molar-refractivity contribution in [1.29, 1.82) is 5.41 Å². The third-order valence-corrected chi connectivity index (χ3v) is 7.81. The predicted octanol–water partition coefficient (Wildman–Crippen LogP) is 4.64. The van der Waals surface area contributed by atoms with Gasteiger partial charge in [-0.15, -0.1) is 0 Å². The van der Waals surface area contributed by atoms with Gasteiger partial charge in [0.2, 0.25) is 5.91 Å². The van der Waals surface area contributed by atoms with E-state index in [2.05, 4.69) is 30.9 Å². The highest BCUT2D eigenvalue weighted by Crippen LogP contribution is 2.34. The smallest absolute Gasteiger partial charge is 0.359 e. The van der Waals surface area contributed by atoms with Crippen LogP contribution in [0.15, 0.2) is 55.0 Å². The van der Waals surface area contributed by atoms with E-state index in [-0.39, 0.29) is 33.7 Å². The van der Waals surface area contributed by atoms with E-state index in [1.807, 2.05) is 0 Å². The van der Waals surface area contributed by atoms with Crippen molar-refractivity contribution in [1.82, 2.24) is 45.3 Å². The molecule has 1 aliphatic rings. The third kappa shape index (κ3) is 6.85. The van der Waals surface area contributed by atoms with Gasteiger partial charge in [0.1, 0.15) is 24.6 Å². The summed E-state index contributed by atoms with van der Waals surface area (Å²) in [5, 5.41) is 26.4. The lowest BCUT2D eigenvalue weighted by atomic mass is 10.0. The summed E-state index contributed by atoms with van der Waals surface area (Å²) < 4.78 is 54.7. The van der Waals surface area contributed by atoms with Crippen LogP contribution in [0, 0.1) is 11.3 Å². The van der Waals surface area contributed by atoms with Crippen LogP contribution < -0.4 is 10.6 Å². The number of hydrogen-bond acceptors (Lipinski definition) is 7. The lowest BCUT2D eigenvalue weighted by molar-refractivity contribution is -0.178. The Bertz CT molecular complexity index is 1740. The van der Waals surface area contributed by atoms with Gasteiger partial charge in [-0.3, -0.25) is 19.9 Å². The molecule has 2 aromatic heterocycles. The van der Waals surface area contributed by atoms with Gasteiger partial charge in [0.05, 0.1) is 29.0 Å². The van der Waals surface area contributed by atoms with Crippen LogP contribution in [-0.2, 0) is 11.5 Å². The maximum absolute atomic E-state index is 14.0. The minimum atomic E-state index is -4.80. The largest absolute Gasteiger partial charge is 0.400 e. The first-order valence-electron chi connectivity index (χ1n) is 14.1. The Hall–Kier alpha value is -4.86. The highest BCUT2D eigenvalue weighted by molar-refractivity contribution is 6.32. The summed E-state index contributed by atoms with van der Waals surface area (Å²) in [6.07, 6.45) is -0.0357.